The van der Waals surface area contributed by atoms with Crippen molar-refractivity contribution < 1.29 is 13.9 Å². The first kappa shape index (κ1) is 18.5. The number of carbonyl (C=O) groups excluding carboxylic acids is 1. The summed E-state index contributed by atoms with van der Waals surface area (Å²) in [5.74, 6) is 2.23. The maximum Gasteiger partial charge on any atom is 0.305 e. The Morgan fingerprint density at radius 1 is 1.38 bits per heavy atom. The summed E-state index contributed by atoms with van der Waals surface area (Å²) in [6, 6.07) is 0. The molecule has 5 rings (SSSR count). The van der Waals surface area contributed by atoms with Crippen LogP contribution in [0.4, 0.5) is 10.2 Å². The summed E-state index contributed by atoms with van der Waals surface area (Å²) in [7, 11) is 9.15. The molecule has 150 valence electrons. The molecule has 0 spiro atoms. The highest BCUT2D eigenvalue weighted by molar-refractivity contribution is 6.14. The Hall–Kier alpha value is -2.52. The molecule has 3 atom stereocenters. The Bertz CT molecular complexity index is 968. The highest BCUT2D eigenvalue weighted by atomic mass is 19.1. The number of hydrogen-bond donors (Lipinski definition) is 0. The summed E-state index contributed by atoms with van der Waals surface area (Å²) in [5.41, 5.74) is -0.284. The molecule has 2 aromatic rings. The van der Waals surface area contributed by atoms with Crippen molar-refractivity contribution in [3.8, 4) is 11.5 Å². The molecular formula is C19H22BFN6O2. The molecule has 8 nitrogen and oxygen atoms in total. The zero-order chi connectivity index (χ0) is 20.3. The summed E-state index contributed by atoms with van der Waals surface area (Å²) in [5, 5.41) is 7.83. The summed E-state index contributed by atoms with van der Waals surface area (Å²) in [6.45, 7) is 1.59. The number of aromatic nitrogens is 5. The first-order valence-electron chi connectivity index (χ1n) is 9.95. The fraction of sp³-hybridized carbons (Fsp3) is 0.632. The number of anilines is 1. The molecule has 29 heavy (non-hydrogen) atoms. The lowest BCUT2D eigenvalue weighted by Gasteiger charge is -2.32. The molecule has 0 amide bonds. The van der Waals surface area contributed by atoms with Gasteiger partial charge in [-0.1, -0.05) is 5.21 Å². The van der Waals surface area contributed by atoms with E-state index in [0.717, 1.165) is 24.5 Å². The minimum Gasteiger partial charge on any atom is -0.469 e. The van der Waals surface area contributed by atoms with E-state index in [4.69, 9.17) is 17.6 Å². The maximum atomic E-state index is 15.2. The van der Waals surface area contributed by atoms with Gasteiger partial charge in [-0.2, -0.15) is 0 Å². The molecule has 0 N–H and O–H groups in total. The van der Waals surface area contributed by atoms with Gasteiger partial charge < -0.3 is 9.64 Å². The van der Waals surface area contributed by atoms with E-state index in [9.17, 15) is 4.79 Å². The van der Waals surface area contributed by atoms with Crippen molar-refractivity contribution in [1.82, 2.24) is 25.0 Å². The number of aryl methyl sites for hydroxylation is 1. The van der Waals surface area contributed by atoms with Crippen molar-refractivity contribution in [2.75, 3.05) is 25.1 Å². The van der Waals surface area contributed by atoms with Crippen molar-refractivity contribution in [3.63, 3.8) is 0 Å². The lowest BCUT2D eigenvalue weighted by atomic mass is 9.71. The number of ether oxygens (including phenoxy) is 1. The van der Waals surface area contributed by atoms with Crippen LogP contribution in [-0.2, 0) is 28.6 Å². The number of esters is 1. The van der Waals surface area contributed by atoms with Gasteiger partial charge >= 0.3 is 5.97 Å². The number of rotatable bonds is 4. The molecule has 2 fully saturated rings. The monoisotopic (exact) mass is 396 g/mol. The fourth-order valence-electron chi connectivity index (χ4n) is 4.96. The van der Waals surface area contributed by atoms with Gasteiger partial charge in [0, 0.05) is 32.1 Å². The van der Waals surface area contributed by atoms with Crippen LogP contribution in [0.15, 0.2) is 6.20 Å². The van der Waals surface area contributed by atoms with E-state index in [1.807, 2.05) is 0 Å². The second-order valence-corrected chi connectivity index (χ2v) is 8.33. The van der Waals surface area contributed by atoms with Crippen molar-refractivity contribution in [2.24, 2.45) is 24.8 Å². The number of alkyl halides is 1. The average Bonchev–Trinajstić information content (AvgIpc) is 3.04. The normalized spacial score (nSPS) is 30.0. The van der Waals surface area contributed by atoms with Crippen molar-refractivity contribution >= 4 is 19.6 Å². The highest BCUT2D eigenvalue weighted by Gasteiger charge is 2.57. The van der Waals surface area contributed by atoms with E-state index >= 15 is 4.39 Å². The maximum absolute atomic E-state index is 15.2. The topological polar surface area (TPSA) is 86.0 Å². The molecule has 1 aliphatic heterocycles. The fourth-order valence-corrected chi connectivity index (χ4v) is 4.96. The number of halogens is 1. The Morgan fingerprint density at radius 2 is 2.14 bits per heavy atom. The molecule has 2 aliphatic carbocycles. The third kappa shape index (κ3) is 3.00. The van der Waals surface area contributed by atoms with Gasteiger partial charge in [0.05, 0.1) is 19.0 Å². The van der Waals surface area contributed by atoms with E-state index < -0.39 is 5.57 Å². The first-order valence-corrected chi connectivity index (χ1v) is 9.95. The molecule has 3 aliphatic rings. The molecule has 3 heterocycles. The van der Waals surface area contributed by atoms with Crippen LogP contribution in [0.1, 0.15) is 30.5 Å². The van der Waals surface area contributed by atoms with Crippen LogP contribution in [0.3, 0.4) is 0 Å². The third-order valence-corrected chi connectivity index (χ3v) is 6.59. The van der Waals surface area contributed by atoms with Gasteiger partial charge in [-0.05, 0) is 37.0 Å². The number of nitrogens with zero attached hydrogens (tertiary/aromatic N) is 6. The van der Waals surface area contributed by atoms with Crippen molar-refractivity contribution in [1.29, 1.82) is 0 Å². The lowest BCUT2D eigenvalue weighted by Crippen LogP contribution is -2.33. The van der Waals surface area contributed by atoms with Crippen LogP contribution in [0.25, 0.3) is 11.5 Å². The van der Waals surface area contributed by atoms with Crippen LogP contribution in [0.2, 0.25) is 0 Å². The summed E-state index contributed by atoms with van der Waals surface area (Å²) in [4.78, 5) is 23.1. The number of fused-ring (bicyclic) bond motifs is 2. The first-order chi connectivity index (χ1) is 13.9. The van der Waals surface area contributed by atoms with Gasteiger partial charge in [0.2, 0.25) is 0 Å². The van der Waals surface area contributed by atoms with Gasteiger partial charge in [0.25, 0.3) is 0 Å². The Kier molecular flexibility index (Phi) is 4.15. The van der Waals surface area contributed by atoms with Gasteiger partial charge in [-0.25, -0.2) is 19.0 Å². The standard InChI is InChI=1S/C19H22BFN6O2/c1-26-14(7-22-25-26)17-23-16-10(4-3-5-19(16,20)21)18(24-17)27-8-12-11(13(12)9-27)6-15(28)29-2/h7,11-13H,3-6,8-9H2,1-2H3. The van der Waals surface area contributed by atoms with Crippen molar-refractivity contribution in [2.45, 2.75) is 31.3 Å². The molecule has 0 bridgehead atoms. The van der Waals surface area contributed by atoms with Gasteiger partial charge in [0.15, 0.2) is 5.82 Å². The van der Waals surface area contributed by atoms with Crippen LogP contribution in [-0.4, -0.2) is 59.0 Å². The van der Waals surface area contributed by atoms with Gasteiger partial charge in [-0.3, -0.25) is 4.79 Å². The zero-order valence-corrected chi connectivity index (χ0v) is 16.5. The largest absolute Gasteiger partial charge is 0.469 e. The quantitative estimate of drug-likeness (QED) is 0.566. The number of piperidine rings is 1. The third-order valence-electron chi connectivity index (χ3n) is 6.59. The van der Waals surface area contributed by atoms with E-state index in [-0.39, 0.29) is 18.1 Å². The Labute approximate surface area is 169 Å². The minimum atomic E-state index is -1.97. The average molecular weight is 396 g/mol. The SMILES string of the molecule is [B]C1(F)CCCc2c(N3CC4C(CC(=O)OC)C4C3)nc(-c3cnnn3C)nc21. The lowest BCUT2D eigenvalue weighted by molar-refractivity contribution is -0.141. The van der Waals surface area contributed by atoms with E-state index in [2.05, 4.69) is 20.2 Å². The van der Waals surface area contributed by atoms with Crippen LogP contribution in [0.5, 0.6) is 0 Å². The predicted molar refractivity (Wildman–Crippen MR) is 103 cm³/mol. The molecule has 0 aromatic carbocycles. The van der Waals surface area contributed by atoms with Gasteiger partial charge in [-0.15, -0.1) is 5.10 Å². The zero-order valence-electron chi connectivity index (χ0n) is 16.5. The molecule has 10 heteroatoms. The Balaban J connectivity index is 1.49. The van der Waals surface area contributed by atoms with E-state index in [1.54, 1.807) is 17.9 Å². The van der Waals surface area contributed by atoms with Crippen LogP contribution >= 0.6 is 0 Å². The van der Waals surface area contributed by atoms with E-state index in [1.165, 1.54) is 7.11 Å². The highest BCUT2D eigenvalue weighted by Crippen LogP contribution is 2.55. The molecule has 3 unspecified atom stereocenters. The molecule has 1 saturated heterocycles. The second-order valence-electron chi connectivity index (χ2n) is 8.33. The molecular weight excluding hydrogens is 374 g/mol. The van der Waals surface area contributed by atoms with E-state index in [0.29, 0.717) is 48.5 Å². The van der Waals surface area contributed by atoms with Crippen LogP contribution in [0, 0.1) is 17.8 Å². The van der Waals surface area contributed by atoms with Crippen molar-refractivity contribution in [3.05, 3.63) is 17.5 Å². The number of hydrogen-bond acceptors (Lipinski definition) is 7. The predicted octanol–water partition coefficient (Wildman–Crippen LogP) is 1.14. The molecule has 1 saturated carbocycles. The smallest absolute Gasteiger partial charge is 0.305 e. The molecule has 2 radical (unpaired) electrons. The summed E-state index contributed by atoms with van der Waals surface area (Å²) < 4.78 is 21.5. The Morgan fingerprint density at radius 3 is 2.79 bits per heavy atom. The number of carbonyl (C=O) groups is 1. The second kappa shape index (κ2) is 6.50. The minimum absolute atomic E-state index is 0.160. The summed E-state index contributed by atoms with van der Waals surface area (Å²) in [6.07, 6.45) is 3.64. The number of methoxy groups -OCH3 is 1. The van der Waals surface area contributed by atoms with Gasteiger partial charge in [0.1, 0.15) is 24.9 Å². The molecule has 2 aromatic heterocycles. The summed E-state index contributed by atoms with van der Waals surface area (Å²) >= 11 is 0. The van der Waals surface area contributed by atoms with Crippen LogP contribution < -0.4 is 4.90 Å².